The van der Waals surface area contributed by atoms with Crippen molar-refractivity contribution in [3.63, 3.8) is 0 Å². The van der Waals surface area contributed by atoms with Crippen LogP contribution in [0.3, 0.4) is 0 Å². The number of esters is 1. The van der Waals surface area contributed by atoms with E-state index in [-0.39, 0.29) is 23.8 Å². The molecule has 27 heavy (non-hydrogen) atoms. The molecule has 1 aromatic carbocycles. The van der Waals surface area contributed by atoms with Gasteiger partial charge in [0.25, 0.3) is 0 Å². The van der Waals surface area contributed by atoms with Crippen molar-refractivity contribution in [3.8, 4) is 0 Å². The maximum atomic E-state index is 13.2. The van der Waals surface area contributed by atoms with E-state index in [1.807, 2.05) is 30.0 Å². The standard InChI is InChI=1S/C21H24N2O4/c1-3-13-11-23(12-24)17-10-14(13)18(19(25)26-2)20-8-9-27-21(17,20)22-16-7-5-4-6-15(16)20/h3-7,12,14,17-18,22H,8-11H2,1-2H3/b13-3-/t14-,17?,18+,20+,21+/m1/s1. The molecule has 3 fully saturated rings. The quantitative estimate of drug-likeness (QED) is 0.492. The number of carbonyl (C=O) groups is 2. The number of nitrogens with zero attached hydrogens (tertiary/aromatic N) is 1. The molecule has 1 saturated carbocycles. The first kappa shape index (κ1) is 16.8. The van der Waals surface area contributed by atoms with Crippen LogP contribution in [0.4, 0.5) is 5.69 Å². The van der Waals surface area contributed by atoms with Crippen molar-refractivity contribution in [1.82, 2.24) is 4.90 Å². The number of fused-ring (bicyclic) bond motifs is 3. The summed E-state index contributed by atoms with van der Waals surface area (Å²) < 4.78 is 11.7. The third-order valence-electron chi connectivity index (χ3n) is 7.30. The van der Waals surface area contributed by atoms with Crippen LogP contribution in [0.15, 0.2) is 35.9 Å². The number of methoxy groups -OCH3 is 1. The fourth-order valence-electron chi connectivity index (χ4n) is 6.35. The highest BCUT2D eigenvalue weighted by molar-refractivity contribution is 5.81. The van der Waals surface area contributed by atoms with E-state index in [9.17, 15) is 9.59 Å². The lowest BCUT2D eigenvalue weighted by atomic mass is 9.51. The van der Waals surface area contributed by atoms with Crippen molar-refractivity contribution in [3.05, 3.63) is 41.5 Å². The van der Waals surface area contributed by atoms with Gasteiger partial charge in [-0.25, -0.2) is 0 Å². The first-order valence-electron chi connectivity index (χ1n) is 9.58. The van der Waals surface area contributed by atoms with Gasteiger partial charge >= 0.3 is 5.97 Å². The largest absolute Gasteiger partial charge is 0.469 e. The number of likely N-dealkylation sites (tertiary alicyclic amines) is 1. The zero-order valence-electron chi connectivity index (χ0n) is 15.6. The number of nitrogens with one attached hydrogen (secondary N) is 1. The summed E-state index contributed by atoms with van der Waals surface area (Å²) in [5.41, 5.74) is 1.90. The molecule has 5 rings (SSSR count). The number of para-hydroxylation sites is 1. The van der Waals surface area contributed by atoms with Crippen LogP contribution in [0.1, 0.15) is 25.3 Å². The number of allylic oxidation sites excluding steroid dienone is 1. The number of ether oxygens (including phenoxy) is 2. The molecule has 5 atom stereocenters. The van der Waals surface area contributed by atoms with Crippen LogP contribution in [-0.4, -0.2) is 49.3 Å². The summed E-state index contributed by atoms with van der Waals surface area (Å²) >= 11 is 0. The highest BCUT2D eigenvalue weighted by Crippen LogP contribution is 2.66. The molecule has 1 aliphatic carbocycles. The summed E-state index contributed by atoms with van der Waals surface area (Å²) in [6.45, 7) is 3.07. The minimum absolute atomic E-state index is 0.0476. The maximum Gasteiger partial charge on any atom is 0.310 e. The van der Waals surface area contributed by atoms with Gasteiger partial charge < -0.3 is 19.7 Å². The van der Waals surface area contributed by atoms with Crippen LogP contribution in [-0.2, 0) is 24.5 Å². The zero-order valence-corrected chi connectivity index (χ0v) is 15.6. The van der Waals surface area contributed by atoms with Crippen molar-refractivity contribution in [2.45, 2.75) is 36.9 Å². The molecule has 0 spiro atoms. The van der Waals surface area contributed by atoms with Gasteiger partial charge in [0.1, 0.15) is 0 Å². The summed E-state index contributed by atoms with van der Waals surface area (Å²) in [5.74, 6) is -0.477. The average molecular weight is 368 g/mol. The maximum absolute atomic E-state index is 13.2. The van der Waals surface area contributed by atoms with E-state index in [2.05, 4.69) is 17.5 Å². The van der Waals surface area contributed by atoms with Crippen molar-refractivity contribution >= 4 is 18.1 Å². The van der Waals surface area contributed by atoms with Crippen LogP contribution >= 0.6 is 0 Å². The number of rotatable bonds is 2. The predicted octanol–water partition coefficient (Wildman–Crippen LogP) is 2.06. The van der Waals surface area contributed by atoms with E-state index >= 15 is 0 Å². The molecule has 4 aliphatic rings. The number of amides is 1. The highest BCUT2D eigenvalue weighted by atomic mass is 16.5. The smallest absolute Gasteiger partial charge is 0.310 e. The van der Waals surface area contributed by atoms with E-state index in [0.29, 0.717) is 19.6 Å². The van der Waals surface area contributed by atoms with Crippen LogP contribution in [0.5, 0.6) is 0 Å². The number of anilines is 1. The molecule has 3 heterocycles. The lowest BCUT2D eigenvalue weighted by molar-refractivity contribution is -0.172. The Morgan fingerprint density at radius 2 is 2.22 bits per heavy atom. The fourth-order valence-corrected chi connectivity index (χ4v) is 6.35. The number of hydrogen-bond acceptors (Lipinski definition) is 5. The van der Waals surface area contributed by atoms with Gasteiger partial charge in [-0.05, 0) is 37.3 Å². The van der Waals surface area contributed by atoms with Crippen molar-refractivity contribution < 1.29 is 19.1 Å². The van der Waals surface area contributed by atoms with Crippen molar-refractivity contribution in [2.24, 2.45) is 11.8 Å². The van der Waals surface area contributed by atoms with Gasteiger partial charge in [0, 0.05) is 12.2 Å². The molecule has 0 radical (unpaired) electrons. The SMILES string of the molecule is C/C=C1/CN(C=O)C2C[C@H]1[C@@H](C(=O)OC)[C@@]13CCO[C@@]21Nc1ccccc13. The Morgan fingerprint density at radius 3 is 2.96 bits per heavy atom. The molecule has 1 N–H and O–H groups in total. The monoisotopic (exact) mass is 368 g/mol. The first-order chi connectivity index (χ1) is 13.1. The second-order valence-corrected chi connectivity index (χ2v) is 7.98. The van der Waals surface area contributed by atoms with Gasteiger partial charge in [-0.3, -0.25) is 9.59 Å². The number of piperidine rings is 1. The van der Waals surface area contributed by atoms with E-state index in [4.69, 9.17) is 9.47 Å². The molecule has 2 saturated heterocycles. The van der Waals surface area contributed by atoms with Gasteiger partial charge in [-0.1, -0.05) is 29.8 Å². The normalized spacial score (nSPS) is 40.0. The molecule has 1 amide bonds. The van der Waals surface area contributed by atoms with E-state index in [0.717, 1.165) is 29.7 Å². The molecule has 3 aliphatic heterocycles. The summed E-state index contributed by atoms with van der Waals surface area (Å²) in [5, 5.41) is 3.61. The van der Waals surface area contributed by atoms with Crippen molar-refractivity contribution in [2.75, 3.05) is 25.6 Å². The molecule has 1 aromatic rings. The molecular formula is C21H24N2O4. The van der Waals surface area contributed by atoms with Gasteiger partial charge in [0.15, 0.2) is 5.72 Å². The topological polar surface area (TPSA) is 67.9 Å². The molecular weight excluding hydrogens is 344 g/mol. The third-order valence-corrected chi connectivity index (χ3v) is 7.30. The first-order valence-corrected chi connectivity index (χ1v) is 9.58. The lowest BCUT2D eigenvalue weighted by Crippen LogP contribution is -2.73. The van der Waals surface area contributed by atoms with E-state index < -0.39 is 11.1 Å². The summed E-state index contributed by atoms with van der Waals surface area (Å²) in [7, 11) is 1.46. The van der Waals surface area contributed by atoms with Crippen LogP contribution in [0.2, 0.25) is 0 Å². The Labute approximate surface area is 158 Å². The third kappa shape index (κ3) is 1.79. The van der Waals surface area contributed by atoms with Crippen LogP contribution in [0.25, 0.3) is 0 Å². The van der Waals surface area contributed by atoms with E-state index in [1.165, 1.54) is 7.11 Å². The van der Waals surface area contributed by atoms with Crippen LogP contribution < -0.4 is 5.32 Å². The van der Waals surface area contributed by atoms with Gasteiger partial charge in [0.05, 0.1) is 31.1 Å². The zero-order chi connectivity index (χ0) is 18.8. The van der Waals surface area contributed by atoms with E-state index in [1.54, 1.807) is 0 Å². The fraction of sp³-hybridized carbons (Fsp3) is 0.524. The Hall–Kier alpha value is -2.34. The predicted molar refractivity (Wildman–Crippen MR) is 99.0 cm³/mol. The number of hydrogen-bond donors (Lipinski definition) is 1. The molecule has 0 aromatic heterocycles. The second kappa shape index (κ2) is 5.58. The average Bonchev–Trinajstić information content (AvgIpc) is 3.21. The van der Waals surface area contributed by atoms with Crippen LogP contribution in [0, 0.1) is 11.8 Å². The molecule has 142 valence electrons. The summed E-state index contributed by atoms with van der Waals surface area (Å²) in [6, 6.07) is 8.00. The highest BCUT2D eigenvalue weighted by Gasteiger charge is 2.76. The minimum atomic E-state index is -0.785. The van der Waals surface area contributed by atoms with Gasteiger partial charge in [-0.2, -0.15) is 0 Å². The molecule has 2 bridgehead atoms. The van der Waals surface area contributed by atoms with Crippen molar-refractivity contribution in [1.29, 1.82) is 0 Å². The Bertz CT molecular complexity index is 852. The second-order valence-electron chi connectivity index (χ2n) is 7.98. The summed E-state index contributed by atoms with van der Waals surface area (Å²) in [6.07, 6.45) is 4.41. The molecule has 6 nitrogen and oxygen atoms in total. The molecule has 1 unspecified atom stereocenters. The number of carbonyl (C=O) groups excluding carboxylic acids is 2. The molecule has 6 heteroatoms. The Kier molecular flexibility index (Phi) is 3.47. The number of benzene rings is 1. The van der Waals surface area contributed by atoms with Gasteiger partial charge in [-0.15, -0.1) is 0 Å². The Morgan fingerprint density at radius 1 is 1.41 bits per heavy atom. The Balaban J connectivity index is 1.80. The van der Waals surface area contributed by atoms with Gasteiger partial charge in [0.2, 0.25) is 6.41 Å². The lowest BCUT2D eigenvalue weighted by Gasteiger charge is -2.59. The minimum Gasteiger partial charge on any atom is -0.469 e. The summed E-state index contributed by atoms with van der Waals surface area (Å²) in [4.78, 5) is 27.0.